The molecular weight excluding hydrogens is 248 g/mol. The fourth-order valence-electron chi connectivity index (χ4n) is 2.85. The Morgan fingerprint density at radius 1 is 1.20 bits per heavy atom. The third-order valence-electron chi connectivity index (χ3n) is 3.97. The number of benzene rings is 1. The highest BCUT2D eigenvalue weighted by Crippen LogP contribution is 2.27. The Balaban J connectivity index is 2.12. The quantitative estimate of drug-likeness (QED) is 0.807. The van der Waals surface area contributed by atoms with E-state index in [4.69, 9.17) is 0 Å². The van der Waals surface area contributed by atoms with Crippen molar-refractivity contribution in [3.05, 3.63) is 35.9 Å². The van der Waals surface area contributed by atoms with Crippen molar-refractivity contribution in [3.8, 4) is 0 Å². The van der Waals surface area contributed by atoms with Crippen LogP contribution < -0.4 is 5.32 Å². The second kappa shape index (κ2) is 6.89. The molecule has 1 amide bonds. The first kappa shape index (κ1) is 15.0. The summed E-state index contributed by atoms with van der Waals surface area (Å²) in [7, 11) is 0. The highest BCUT2D eigenvalue weighted by atomic mass is 16.2. The summed E-state index contributed by atoms with van der Waals surface area (Å²) >= 11 is 0. The minimum absolute atomic E-state index is 0.157. The van der Waals surface area contributed by atoms with Crippen molar-refractivity contribution in [2.75, 3.05) is 6.54 Å². The Hall–Kier alpha value is -1.35. The third kappa shape index (κ3) is 3.21. The van der Waals surface area contributed by atoms with E-state index in [2.05, 4.69) is 26.1 Å². The maximum Gasteiger partial charge on any atom is 0.245 e. The molecule has 2 unspecified atom stereocenters. The summed E-state index contributed by atoms with van der Waals surface area (Å²) in [6.45, 7) is 7.40. The molecule has 1 aliphatic rings. The van der Waals surface area contributed by atoms with Gasteiger partial charge in [-0.2, -0.15) is 0 Å². The predicted octanol–water partition coefficient (Wildman–Crippen LogP) is 3.33. The normalized spacial score (nSPS) is 22.8. The molecular formula is C17H26N2O. The van der Waals surface area contributed by atoms with Gasteiger partial charge in [-0.25, -0.2) is 0 Å². The lowest BCUT2D eigenvalue weighted by atomic mass is 10.1. The molecule has 110 valence electrons. The molecule has 0 aliphatic carbocycles. The van der Waals surface area contributed by atoms with Gasteiger partial charge in [0, 0.05) is 6.54 Å². The number of amides is 1. The van der Waals surface area contributed by atoms with Crippen LogP contribution in [0.1, 0.15) is 51.6 Å². The molecule has 2 atom stereocenters. The lowest BCUT2D eigenvalue weighted by Crippen LogP contribution is -2.41. The molecule has 3 nitrogen and oxygen atoms in total. The minimum atomic E-state index is -0.176. The molecule has 1 aliphatic heterocycles. The Labute approximate surface area is 122 Å². The molecule has 1 aromatic carbocycles. The molecule has 1 fully saturated rings. The van der Waals surface area contributed by atoms with Gasteiger partial charge in [0.25, 0.3) is 0 Å². The molecule has 3 heteroatoms. The number of carbonyl (C=O) groups is 1. The van der Waals surface area contributed by atoms with Crippen molar-refractivity contribution >= 4 is 5.91 Å². The van der Waals surface area contributed by atoms with E-state index in [1.807, 2.05) is 35.2 Å². The second-order valence-electron chi connectivity index (χ2n) is 5.94. The van der Waals surface area contributed by atoms with Gasteiger partial charge in [-0.1, -0.05) is 63.9 Å². The van der Waals surface area contributed by atoms with E-state index in [0.29, 0.717) is 5.92 Å². The van der Waals surface area contributed by atoms with Crippen LogP contribution in [-0.4, -0.2) is 23.5 Å². The first-order chi connectivity index (χ1) is 9.65. The highest BCUT2D eigenvalue weighted by molar-refractivity contribution is 5.85. The number of unbranched alkanes of at least 4 members (excludes halogenated alkanes) is 2. The molecule has 0 saturated carbocycles. The zero-order valence-corrected chi connectivity index (χ0v) is 12.8. The number of rotatable bonds is 6. The summed E-state index contributed by atoms with van der Waals surface area (Å²) in [6.07, 6.45) is 3.62. The van der Waals surface area contributed by atoms with Crippen LogP contribution in [0.4, 0.5) is 0 Å². The van der Waals surface area contributed by atoms with E-state index in [-0.39, 0.29) is 18.1 Å². The highest BCUT2D eigenvalue weighted by Gasteiger charge is 2.40. The molecule has 0 radical (unpaired) electrons. The van der Waals surface area contributed by atoms with Gasteiger partial charge in [0.2, 0.25) is 5.91 Å². The van der Waals surface area contributed by atoms with Crippen molar-refractivity contribution in [3.63, 3.8) is 0 Å². The zero-order valence-electron chi connectivity index (χ0n) is 12.8. The van der Waals surface area contributed by atoms with Gasteiger partial charge in [-0.15, -0.1) is 0 Å². The standard InChI is InChI=1S/C17H26N2O/c1-4-5-9-12-19-16(13(2)3)18-15(17(19)20)14-10-7-6-8-11-14/h6-8,10-11,13,15-16,18H,4-5,9,12H2,1-3H3. The summed E-state index contributed by atoms with van der Waals surface area (Å²) in [6, 6.07) is 9.86. The molecule has 1 aromatic rings. The smallest absolute Gasteiger partial charge is 0.245 e. The summed E-state index contributed by atoms with van der Waals surface area (Å²) in [4.78, 5) is 14.7. The fraction of sp³-hybridized carbons (Fsp3) is 0.588. The molecule has 1 heterocycles. The van der Waals surface area contributed by atoms with Crippen LogP contribution in [-0.2, 0) is 4.79 Å². The van der Waals surface area contributed by atoms with Crippen LogP contribution in [0.3, 0.4) is 0 Å². The van der Waals surface area contributed by atoms with Crippen LogP contribution in [0.5, 0.6) is 0 Å². The Bertz CT molecular complexity index is 430. The van der Waals surface area contributed by atoms with E-state index in [0.717, 1.165) is 18.5 Å². The van der Waals surface area contributed by atoms with Crippen molar-refractivity contribution < 1.29 is 4.79 Å². The first-order valence-corrected chi connectivity index (χ1v) is 7.76. The van der Waals surface area contributed by atoms with Crippen LogP contribution >= 0.6 is 0 Å². The SMILES string of the molecule is CCCCCN1C(=O)C(c2ccccc2)NC1C(C)C. The third-order valence-corrected chi connectivity index (χ3v) is 3.97. The Morgan fingerprint density at radius 3 is 2.50 bits per heavy atom. The average Bonchev–Trinajstić information content (AvgIpc) is 2.78. The van der Waals surface area contributed by atoms with Crippen LogP contribution in [0.15, 0.2) is 30.3 Å². The second-order valence-corrected chi connectivity index (χ2v) is 5.94. The summed E-state index contributed by atoms with van der Waals surface area (Å²) in [5.74, 6) is 0.653. The maximum atomic E-state index is 12.7. The molecule has 0 spiro atoms. The van der Waals surface area contributed by atoms with E-state index >= 15 is 0 Å². The Morgan fingerprint density at radius 2 is 1.90 bits per heavy atom. The predicted molar refractivity (Wildman–Crippen MR) is 82.2 cm³/mol. The van der Waals surface area contributed by atoms with Gasteiger partial charge in [0.1, 0.15) is 6.04 Å². The lowest BCUT2D eigenvalue weighted by Gasteiger charge is -2.27. The number of carbonyl (C=O) groups excluding carboxylic acids is 1. The minimum Gasteiger partial charge on any atom is -0.325 e. The van der Waals surface area contributed by atoms with Crippen LogP contribution in [0.2, 0.25) is 0 Å². The molecule has 20 heavy (non-hydrogen) atoms. The molecule has 0 aromatic heterocycles. The largest absolute Gasteiger partial charge is 0.325 e. The van der Waals surface area contributed by atoms with Crippen LogP contribution in [0, 0.1) is 5.92 Å². The van der Waals surface area contributed by atoms with Gasteiger partial charge < -0.3 is 4.90 Å². The van der Waals surface area contributed by atoms with Crippen molar-refractivity contribution in [1.82, 2.24) is 10.2 Å². The number of hydrogen-bond acceptors (Lipinski definition) is 2. The van der Waals surface area contributed by atoms with Gasteiger partial charge in [-0.3, -0.25) is 10.1 Å². The van der Waals surface area contributed by atoms with E-state index in [1.54, 1.807) is 0 Å². The van der Waals surface area contributed by atoms with Crippen molar-refractivity contribution in [2.45, 2.75) is 52.2 Å². The average molecular weight is 274 g/mol. The monoisotopic (exact) mass is 274 g/mol. The van der Waals surface area contributed by atoms with Gasteiger partial charge >= 0.3 is 0 Å². The fourth-order valence-corrected chi connectivity index (χ4v) is 2.85. The lowest BCUT2D eigenvalue weighted by molar-refractivity contribution is -0.130. The van der Waals surface area contributed by atoms with Gasteiger partial charge in [-0.05, 0) is 17.9 Å². The molecule has 0 bridgehead atoms. The molecule has 1 N–H and O–H groups in total. The summed E-state index contributed by atoms with van der Waals surface area (Å²) < 4.78 is 0. The van der Waals surface area contributed by atoms with Crippen molar-refractivity contribution in [2.24, 2.45) is 5.92 Å². The topological polar surface area (TPSA) is 32.3 Å². The number of nitrogens with zero attached hydrogens (tertiary/aromatic N) is 1. The number of hydrogen-bond donors (Lipinski definition) is 1. The van der Waals surface area contributed by atoms with Crippen molar-refractivity contribution in [1.29, 1.82) is 0 Å². The number of nitrogens with one attached hydrogen (secondary N) is 1. The van der Waals surface area contributed by atoms with Gasteiger partial charge in [0.05, 0.1) is 6.17 Å². The molecule has 2 rings (SSSR count). The van der Waals surface area contributed by atoms with Gasteiger partial charge in [0.15, 0.2) is 0 Å². The first-order valence-electron chi connectivity index (χ1n) is 7.76. The van der Waals surface area contributed by atoms with Crippen LogP contribution in [0.25, 0.3) is 0 Å². The summed E-state index contributed by atoms with van der Waals surface area (Å²) in [5.41, 5.74) is 1.07. The molecule has 1 saturated heterocycles. The Kier molecular flexibility index (Phi) is 5.18. The van der Waals surface area contributed by atoms with E-state index < -0.39 is 0 Å². The summed E-state index contributed by atoms with van der Waals surface area (Å²) in [5, 5.41) is 3.51. The maximum absolute atomic E-state index is 12.7. The van der Waals surface area contributed by atoms with E-state index in [1.165, 1.54) is 12.8 Å². The zero-order chi connectivity index (χ0) is 14.5. The van der Waals surface area contributed by atoms with E-state index in [9.17, 15) is 4.79 Å².